The van der Waals surface area contributed by atoms with Gasteiger partial charge >= 0.3 is 0 Å². The Balaban J connectivity index is 1.58. The number of anilines is 1. The van der Waals surface area contributed by atoms with Crippen LogP contribution >= 0.6 is 0 Å². The second-order valence-corrected chi connectivity index (χ2v) is 7.24. The molecule has 0 aliphatic rings. The normalized spacial score (nSPS) is 10.7. The number of rotatable bonds is 4. The lowest BCUT2D eigenvalue weighted by molar-refractivity contribution is 1.07. The second-order valence-electron chi connectivity index (χ2n) is 7.24. The first-order valence-electron chi connectivity index (χ1n) is 10.1. The Morgan fingerprint density at radius 3 is 1.10 bits per heavy atom. The van der Waals surface area contributed by atoms with E-state index >= 15 is 0 Å². The molecule has 0 fully saturated rings. The van der Waals surface area contributed by atoms with Gasteiger partial charge in [0.05, 0.1) is 0 Å². The number of nitrogens with two attached hydrogens (primary N) is 1. The highest BCUT2D eigenvalue weighted by Gasteiger charge is 2.12. The highest BCUT2D eigenvalue weighted by atomic mass is 15.0. The van der Waals surface area contributed by atoms with Crippen LogP contribution in [0.5, 0.6) is 0 Å². The molecule has 0 amide bonds. The van der Waals surface area contributed by atoms with Crippen molar-refractivity contribution in [3.8, 4) is 45.3 Å². The van der Waals surface area contributed by atoms with Crippen LogP contribution in [0.1, 0.15) is 0 Å². The van der Waals surface area contributed by atoms with E-state index in [0.717, 1.165) is 33.5 Å². The van der Waals surface area contributed by atoms with Crippen LogP contribution in [-0.4, -0.2) is 15.0 Å². The molecule has 31 heavy (non-hydrogen) atoms. The molecule has 0 saturated heterocycles. The third-order valence-corrected chi connectivity index (χ3v) is 5.09. The molecule has 0 spiro atoms. The van der Waals surface area contributed by atoms with Crippen molar-refractivity contribution in [2.75, 3.05) is 5.73 Å². The number of hydrogen-bond donors (Lipinski definition) is 1. The highest BCUT2D eigenvalue weighted by molar-refractivity contribution is 5.71. The predicted octanol–water partition coefficient (Wildman–Crippen LogP) is 6.12. The van der Waals surface area contributed by atoms with Crippen molar-refractivity contribution in [1.82, 2.24) is 15.0 Å². The molecule has 0 atom stereocenters. The van der Waals surface area contributed by atoms with Crippen LogP contribution < -0.4 is 5.73 Å². The Morgan fingerprint density at radius 2 is 0.677 bits per heavy atom. The second kappa shape index (κ2) is 8.20. The zero-order valence-electron chi connectivity index (χ0n) is 16.8. The van der Waals surface area contributed by atoms with E-state index in [9.17, 15) is 0 Å². The summed E-state index contributed by atoms with van der Waals surface area (Å²) in [5.41, 5.74) is 11.7. The Hall–Kier alpha value is -4.31. The molecule has 1 heterocycles. The number of hydrogen-bond acceptors (Lipinski definition) is 4. The minimum atomic E-state index is 0.650. The maximum Gasteiger partial charge on any atom is 0.164 e. The standard InChI is InChI=1S/C27H20N4/c28-24-17-15-20(16-18-24)19-11-13-23(14-12-19)27-30-25(21-7-3-1-4-8-21)29-26(31-27)22-9-5-2-6-10-22/h1-18H,28H2. The number of nitrogen functional groups attached to an aromatic ring is 1. The van der Waals surface area contributed by atoms with E-state index in [1.807, 2.05) is 97.1 Å². The minimum absolute atomic E-state index is 0.650. The van der Waals surface area contributed by atoms with Crippen molar-refractivity contribution in [3.63, 3.8) is 0 Å². The maximum atomic E-state index is 5.81. The molecule has 4 aromatic carbocycles. The summed E-state index contributed by atoms with van der Waals surface area (Å²) in [6, 6.07) is 36.1. The molecule has 4 nitrogen and oxygen atoms in total. The Labute approximate surface area is 181 Å². The first-order chi connectivity index (χ1) is 15.3. The lowest BCUT2D eigenvalue weighted by atomic mass is 10.0. The summed E-state index contributed by atoms with van der Waals surface area (Å²) >= 11 is 0. The van der Waals surface area contributed by atoms with Gasteiger partial charge in [-0.2, -0.15) is 0 Å². The summed E-state index contributed by atoms with van der Waals surface area (Å²) in [7, 11) is 0. The van der Waals surface area contributed by atoms with E-state index in [4.69, 9.17) is 20.7 Å². The van der Waals surface area contributed by atoms with Gasteiger partial charge in [0.15, 0.2) is 17.5 Å². The molecule has 0 radical (unpaired) electrons. The van der Waals surface area contributed by atoms with Gasteiger partial charge in [0, 0.05) is 22.4 Å². The molecule has 2 N–H and O–H groups in total. The van der Waals surface area contributed by atoms with Crippen LogP contribution in [0.25, 0.3) is 45.3 Å². The van der Waals surface area contributed by atoms with Crippen LogP contribution in [-0.2, 0) is 0 Å². The molecule has 0 aliphatic heterocycles. The largest absolute Gasteiger partial charge is 0.399 e. The first-order valence-corrected chi connectivity index (χ1v) is 10.1. The van der Waals surface area contributed by atoms with Gasteiger partial charge in [-0.05, 0) is 23.3 Å². The number of aromatic nitrogens is 3. The lowest BCUT2D eigenvalue weighted by Gasteiger charge is -2.09. The molecule has 148 valence electrons. The fourth-order valence-corrected chi connectivity index (χ4v) is 3.42. The van der Waals surface area contributed by atoms with E-state index in [2.05, 4.69) is 12.1 Å². The van der Waals surface area contributed by atoms with Crippen LogP contribution in [0.15, 0.2) is 109 Å². The highest BCUT2D eigenvalue weighted by Crippen LogP contribution is 2.27. The third kappa shape index (κ3) is 4.05. The smallest absolute Gasteiger partial charge is 0.164 e. The Morgan fingerprint density at radius 1 is 0.355 bits per heavy atom. The van der Waals surface area contributed by atoms with E-state index in [0.29, 0.717) is 17.5 Å². The summed E-state index contributed by atoms with van der Waals surface area (Å²) in [6.07, 6.45) is 0. The Bertz CT molecular complexity index is 1240. The number of nitrogens with zero attached hydrogens (tertiary/aromatic N) is 3. The molecular formula is C27H20N4. The summed E-state index contributed by atoms with van der Waals surface area (Å²) in [5.74, 6) is 1.97. The fourth-order valence-electron chi connectivity index (χ4n) is 3.42. The zero-order chi connectivity index (χ0) is 21.0. The quantitative estimate of drug-likeness (QED) is 0.369. The van der Waals surface area contributed by atoms with Crippen molar-refractivity contribution in [2.24, 2.45) is 0 Å². The number of benzene rings is 4. The lowest BCUT2D eigenvalue weighted by Crippen LogP contribution is -2.00. The first kappa shape index (κ1) is 18.7. The van der Waals surface area contributed by atoms with Crippen molar-refractivity contribution in [2.45, 2.75) is 0 Å². The van der Waals surface area contributed by atoms with Crippen molar-refractivity contribution < 1.29 is 0 Å². The van der Waals surface area contributed by atoms with Crippen LogP contribution in [0, 0.1) is 0 Å². The van der Waals surface area contributed by atoms with Gasteiger partial charge in [0.25, 0.3) is 0 Å². The van der Waals surface area contributed by atoms with E-state index in [-0.39, 0.29) is 0 Å². The molecule has 0 bridgehead atoms. The average molecular weight is 400 g/mol. The molecule has 0 saturated carbocycles. The molecule has 0 aliphatic carbocycles. The van der Waals surface area contributed by atoms with Gasteiger partial charge in [-0.15, -0.1) is 0 Å². The molecule has 1 aromatic heterocycles. The van der Waals surface area contributed by atoms with Gasteiger partial charge in [0.2, 0.25) is 0 Å². The van der Waals surface area contributed by atoms with Crippen LogP contribution in [0.2, 0.25) is 0 Å². The summed E-state index contributed by atoms with van der Waals surface area (Å²) in [5, 5.41) is 0. The van der Waals surface area contributed by atoms with Gasteiger partial charge in [0.1, 0.15) is 0 Å². The van der Waals surface area contributed by atoms with Crippen molar-refractivity contribution >= 4 is 5.69 Å². The SMILES string of the molecule is Nc1ccc(-c2ccc(-c3nc(-c4ccccc4)nc(-c4ccccc4)n3)cc2)cc1. The monoisotopic (exact) mass is 400 g/mol. The molecule has 5 rings (SSSR count). The Kier molecular flexibility index (Phi) is 4.95. The molecular weight excluding hydrogens is 380 g/mol. The average Bonchev–Trinajstić information content (AvgIpc) is 2.85. The maximum absolute atomic E-state index is 5.81. The molecule has 4 heteroatoms. The van der Waals surface area contributed by atoms with Crippen LogP contribution in [0.4, 0.5) is 5.69 Å². The molecule has 5 aromatic rings. The van der Waals surface area contributed by atoms with Crippen LogP contribution in [0.3, 0.4) is 0 Å². The molecule has 0 unspecified atom stereocenters. The zero-order valence-corrected chi connectivity index (χ0v) is 16.8. The van der Waals surface area contributed by atoms with E-state index in [1.165, 1.54) is 0 Å². The minimum Gasteiger partial charge on any atom is -0.399 e. The van der Waals surface area contributed by atoms with Gasteiger partial charge in [-0.3, -0.25) is 0 Å². The summed E-state index contributed by atoms with van der Waals surface area (Å²) in [6.45, 7) is 0. The van der Waals surface area contributed by atoms with E-state index < -0.39 is 0 Å². The van der Waals surface area contributed by atoms with Gasteiger partial charge < -0.3 is 5.73 Å². The van der Waals surface area contributed by atoms with E-state index in [1.54, 1.807) is 0 Å². The summed E-state index contributed by atoms with van der Waals surface area (Å²) in [4.78, 5) is 14.3. The van der Waals surface area contributed by atoms with Gasteiger partial charge in [-0.25, -0.2) is 15.0 Å². The van der Waals surface area contributed by atoms with Crippen molar-refractivity contribution in [3.05, 3.63) is 109 Å². The topological polar surface area (TPSA) is 64.7 Å². The summed E-state index contributed by atoms with van der Waals surface area (Å²) < 4.78 is 0. The predicted molar refractivity (Wildman–Crippen MR) is 126 cm³/mol. The van der Waals surface area contributed by atoms with Crippen molar-refractivity contribution in [1.29, 1.82) is 0 Å². The fraction of sp³-hybridized carbons (Fsp3) is 0. The third-order valence-electron chi connectivity index (χ3n) is 5.09. The van der Waals surface area contributed by atoms with Gasteiger partial charge in [-0.1, -0.05) is 97.1 Å².